The van der Waals surface area contributed by atoms with Crippen molar-refractivity contribution < 1.29 is 9.90 Å². The average molecular weight is 283 g/mol. The summed E-state index contributed by atoms with van der Waals surface area (Å²) in [6, 6.07) is 0.116. The third-order valence-corrected chi connectivity index (χ3v) is 4.64. The first-order valence-corrected chi connectivity index (χ1v) is 7.88. The van der Waals surface area contributed by atoms with Crippen molar-refractivity contribution in [2.75, 3.05) is 27.2 Å². The predicted octanol–water partition coefficient (Wildman–Crippen LogP) is 0.417. The van der Waals surface area contributed by atoms with Gasteiger partial charge >= 0.3 is 0 Å². The van der Waals surface area contributed by atoms with Crippen molar-refractivity contribution in [2.45, 2.75) is 56.7 Å². The molecule has 116 valence electrons. The number of nitrogens with zero attached hydrogens (tertiary/aromatic N) is 2. The molecule has 0 aromatic carbocycles. The fraction of sp³-hybridized carbons (Fsp3) is 0.933. The van der Waals surface area contributed by atoms with Crippen molar-refractivity contribution in [3.05, 3.63) is 0 Å². The third kappa shape index (κ3) is 3.71. The first kappa shape index (κ1) is 15.7. The Labute approximate surface area is 122 Å². The molecule has 1 amide bonds. The van der Waals surface area contributed by atoms with Crippen LogP contribution < -0.4 is 5.73 Å². The standard InChI is InChI=1S/C15H29N3O2/c1-17(2)9-11-8-12(19)10-18(11)15(20)13-6-4-3-5-7-14(13)16/h11-14,19H,3-10,16H2,1-2H3. The Morgan fingerprint density at radius 3 is 2.70 bits per heavy atom. The van der Waals surface area contributed by atoms with Crippen molar-refractivity contribution in [1.29, 1.82) is 0 Å². The number of hydrogen-bond acceptors (Lipinski definition) is 4. The van der Waals surface area contributed by atoms with Gasteiger partial charge in [-0.3, -0.25) is 4.79 Å². The maximum Gasteiger partial charge on any atom is 0.227 e. The quantitative estimate of drug-likeness (QED) is 0.736. The molecule has 0 bridgehead atoms. The molecule has 1 aliphatic carbocycles. The van der Waals surface area contributed by atoms with Crippen LogP contribution in [0, 0.1) is 5.92 Å². The van der Waals surface area contributed by atoms with Gasteiger partial charge in [-0.1, -0.05) is 19.3 Å². The number of carbonyl (C=O) groups excluding carboxylic acids is 1. The minimum atomic E-state index is -0.383. The highest BCUT2D eigenvalue weighted by Crippen LogP contribution is 2.28. The minimum Gasteiger partial charge on any atom is -0.391 e. The first-order chi connectivity index (χ1) is 9.49. The lowest BCUT2D eigenvalue weighted by Crippen LogP contribution is -2.48. The molecule has 2 rings (SSSR count). The van der Waals surface area contributed by atoms with E-state index in [0.717, 1.165) is 32.2 Å². The van der Waals surface area contributed by atoms with Crippen LogP contribution in [-0.2, 0) is 4.79 Å². The van der Waals surface area contributed by atoms with E-state index >= 15 is 0 Å². The van der Waals surface area contributed by atoms with Gasteiger partial charge in [-0.05, 0) is 33.4 Å². The molecule has 1 aliphatic heterocycles. The molecule has 4 atom stereocenters. The zero-order valence-corrected chi connectivity index (χ0v) is 12.8. The molecule has 4 unspecified atom stereocenters. The van der Waals surface area contributed by atoms with E-state index in [-0.39, 0.29) is 30.0 Å². The van der Waals surface area contributed by atoms with E-state index < -0.39 is 0 Å². The van der Waals surface area contributed by atoms with Crippen LogP contribution in [0.25, 0.3) is 0 Å². The number of rotatable bonds is 3. The summed E-state index contributed by atoms with van der Waals surface area (Å²) in [5.41, 5.74) is 6.21. The molecule has 0 aromatic heterocycles. The number of hydrogen-bond donors (Lipinski definition) is 2. The van der Waals surface area contributed by atoms with Crippen LogP contribution >= 0.6 is 0 Å². The highest BCUT2D eigenvalue weighted by molar-refractivity contribution is 5.80. The maximum atomic E-state index is 12.8. The highest BCUT2D eigenvalue weighted by Gasteiger charge is 2.39. The van der Waals surface area contributed by atoms with E-state index in [1.54, 1.807) is 0 Å². The zero-order valence-electron chi connectivity index (χ0n) is 12.8. The molecule has 0 aromatic rings. The van der Waals surface area contributed by atoms with Gasteiger partial charge in [-0.15, -0.1) is 0 Å². The summed E-state index contributed by atoms with van der Waals surface area (Å²) in [4.78, 5) is 16.8. The van der Waals surface area contributed by atoms with Gasteiger partial charge < -0.3 is 20.6 Å². The van der Waals surface area contributed by atoms with Crippen LogP contribution in [0.1, 0.15) is 38.5 Å². The summed E-state index contributed by atoms with van der Waals surface area (Å²) < 4.78 is 0. The molecule has 20 heavy (non-hydrogen) atoms. The van der Waals surface area contributed by atoms with Gasteiger partial charge in [0.05, 0.1) is 12.0 Å². The summed E-state index contributed by atoms with van der Waals surface area (Å²) in [7, 11) is 4.01. The number of aliphatic hydroxyl groups is 1. The number of likely N-dealkylation sites (tertiary alicyclic amines) is 1. The lowest BCUT2D eigenvalue weighted by atomic mass is 9.93. The lowest BCUT2D eigenvalue weighted by Gasteiger charge is -2.31. The molecule has 1 heterocycles. The van der Waals surface area contributed by atoms with Crippen LogP contribution in [0.15, 0.2) is 0 Å². The Morgan fingerprint density at radius 2 is 2.00 bits per heavy atom. The molecule has 2 fully saturated rings. The molecule has 1 saturated heterocycles. The van der Waals surface area contributed by atoms with E-state index in [9.17, 15) is 9.90 Å². The Balaban J connectivity index is 2.05. The zero-order chi connectivity index (χ0) is 14.7. The number of likely N-dealkylation sites (N-methyl/N-ethyl adjacent to an activating group) is 1. The van der Waals surface area contributed by atoms with E-state index in [1.165, 1.54) is 6.42 Å². The molecule has 5 nitrogen and oxygen atoms in total. The Kier molecular flexibility index (Phi) is 5.41. The monoisotopic (exact) mass is 283 g/mol. The molecular weight excluding hydrogens is 254 g/mol. The fourth-order valence-electron chi connectivity index (χ4n) is 3.61. The van der Waals surface area contributed by atoms with Crippen molar-refractivity contribution >= 4 is 5.91 Å². The van der Waals surface area contributed by atoms with Crippen LogP contribution in [0.2, 0.25) is 0 Å². The van der Waals surface area contributed by atoms with Crippen molar-refractivity contribution in [2.24, 2.45) is 11.7 Å². The van der Waals surface area contributed by atoms with Crippen LogP contribution in [0.5, 0.6) is 0 Å². The van der Waals surface area contributed by atoms with Crippen LogP contribution in [-0.4, -0.2) is 66.2 Å². The van der Waals surface area contributed by atoms with Crippen molar-refractivity contribution in [3.8, 4) is 0 Å². The lowest BCUT2D eigenvalue weighted by molar-refractivity contribution is -0.137. The van der Waals surface area contributed by atoms with Crippen molar-refractivity contribution in [1.82, 2.24) is 9.80 Å². The Bertz CT molecular complexity index is 335. The summed E-state index contributed by atoms with van der Waals surface area (Å²) in [5, 5.41) is 9.91. The molecule has 5 heteroatoms. The van der Waals surface area contributed by atoms with Gasteiger partial charge in [-0.25, -0.2) is 0 Å². The summed E-state index contributed by atoms with van der Waals surface area (Å²) in [5.74, 6) is 0.121. The molecule has 2 aliphatic rings. The topological polar surface area (TPSA) is 69.8 Å². The molecule has 1 saturated carbocycles. The van der Waals surface area contributed by atoms with Gasteiger partial charge in [0.15, 0.2) is 0 Å². The second kappa shape index (κ2) is 6.87. The number of aliphatic hydroxyl groups excluding tert-OH is 1. The number of amides is 1. The minimum absolute atomic E-state index is 0.0113. The smallest absolute Gasteiger partial charge is 0.227 e. The molecule has 3 N–H and O–H groups in total. The predicted molar refractivity (Wildman–Crippen MR) is 79.2 cm³/mol. The summed E-state index contributed by atoms with van der Waals surface area (Å²) in [6.07, 6.45) is 5.57. The molecular formula is C15H29N3O2. The first-order valence-electron chi connectivity index (χ1n) is 7.88. The highest BCUT2D eigenvalue weighted by atomic mass is 16.3. The second-order valence-corrected chi connectivity index (χ2v) is 6.70. The largest absolute Gasteiger partial charge is 0.391 e. The van der Waals surface area contributed by atoms with Gasteiger partial charge in [0.1, 0.15) is 0 Å². The number of carbonyl (C=O) groups is 1. The molecule has 0 spiro atoms. The van der Waals surface area contributed by atoms with E-state index in [0.29, 0.717) is 13.0 Å². The van der Waals surface area contributed by atoms with Gasteiger partial charge in [-0.2, -0.15) is 0 Å². The Morgan fingerprint density at radius 1 is 1.30 bits per heavy atom. The fourth-order valence-corrected chi connectivity index (χ4v) is 3.61. The van der Waals surface area contributed by atoms with Gasteiger partial charge in [0.25, 0.3) is 0 Å². The number of β-amino-alcohol motifs (C(OH)–C–C–N with tert-alkyl or cyclic N) is 1. The van der Waals surface area contributed by atoms with Gasteiger partial charge in [0.2, 0.25) is 5.91 Å². The van der Waals surface area contributed by atoms with Crippen molar-refractivity contribution in [3.63, 3.8) is 0 Å². The van der Waals surface area contributed by atoms with E-state index in [4.69, 9.17) is 5.73 Å². The van der Waals surface area contributed by atoms with E-state index in [2.05, 4.69) is 4.90 Å². The Hall–Kier alpha value is -0.650. The third-order valence-electron chi connectivity index (χ3n) is 4.64. The SMILES string of the molecule is CN(C)CC1CC(O)CN1C(=O)C1CCCCCC1N. The van der Waals surface area contributed by atoms with Crippen LogP contribution in [0.4, 0.5) is 0 Å². The molecule has 0 radical (unpaired) electrons. The van der Waals surface area contributed by atoms with E-state index in [1.807, 2.05) is 19.0 Å². The van der Waals surface area contributed by atoms with Gasteiger partial charge in [0, 0.05) is 25.2 Å². The average Bonchev–Trinajstić information content (AvgIpc) is 2.58. The number of nitrogens with two attached hydrogens (primary N) is 1. The second-order valence-electron chi connectivity index (χ2n) is 6.70. The summed E-state index contributed by atoms with van der Waals surface area (Å²) in [6.45, 7) is 1.28. The van der Waals surface area contributed by atoms with Crippen LogP contribution in [0.3, 0.4) is 0 Å². The normalized spacial score (nSPS) is 35.4. The summed E-state index contributed by atoms with van der Waals surface area (Å²) >= 11 is 0. The maximum absolute atomic E-state index is 12.8.